The van der Waals surface area contributed by atoms with E-state index in [1.165, 1.54) is 23.9 Å². The third kappa shape index (κ3) is 4.31. The maximum atomic E-state index is 13.2. The van der Waals surface area contributed by atoms with Crippen LogP contribution in [0.4, 0.5) is 22.7 Å². The molecule has 0 spiro atoms. The molecular weight excluding hydrogens is 326 g/mol. The van der Waals surface area contributed by atoms with Gasteiger partial charge in [-0.25, -0.2) is 4.39 Å². The Balaban J connectivity index is 2.08. The smallest absolute Gasteiger partial charge is 0.356 e. The summed E-state index contributed by atoms with van der Waals surface area (Å²) in [5.74, 6) is 0.289. The molecule has 0 aliphatic heterocycles. The normalized spacial score (nSPS) is 11.7. The Morgan fingerprint density at radius 1 is 1.24 bits per heavy atom. The lowest BCUT2D eigenvalue weighted by Crippen LogP contribution is -2.03. The third-order valence-corrected chi connectivity index (χ3v) is 4.09. The van der Waals surface area contributed by atoms with Crippen molar-refractivity contribution in [2.75, 3.05) is 11.6 Å². The first-order valence-corrected chi connectivity index (χ1v) is 8.02. The Morgan fingerprint density at radius 3 is 2.62 bits per heavy atom. The number of alkyl halides is 3. The minimum Gasteiger partial charge on any atom is -0.356 e. The summed E-state index contributed by atoms with van der Waals surface area (Å²) in [6.45, 7) is 0.267. The van der Waals surface area contributed by atoms with Crippen molar-refractivity contribution in [3.8, 4) is 0 Å². The molecule has 0 fully saturated rings. The van der Waals surface area contributed by atoms with E-state index < -0.39 is 11.2 Å². The molecule has 0 aliphatic rings. The molecule has 2 rings (SSSR count). The average Bonchev–Trinajstić information content (AvgIpc) is 2.87. The molecule has 2 aromatic rings. The molecule has 9 heteroatoms. The van der Waals surface area contributed by atoms with E-state index in [4.69, 9.17) is 0 Å². The maximum Gasteiger partial charge on any atom is 0.445 e. The second-order valence-corrected chi connectivity index (χ2v) is 5.95. The van der Waals surface area contributed by atoms with Crippen molar-refractivity contribution in [2.24, 2.45) is 0 Å². The van der Waals surface area contributed by atoms with Gasteiger partial charge in [0.1, 0.15) is 5.82 Å². The monoisotopic (exact) mass is 337 g/mol. The van der Waals surface area contributed by atoms with E-state index in [-0.39, 0.29) is 17.5 Å². The van der Waals surface area contributed by atoms with Crippen LogP contribution in [0, 0.1) is 5.82 Å². The van der Waals surface area contributed by atoms with Crippen LogP contribution in [0.2, 0.25) is 0 Å². The lowest BCUT2D eigenvalue weighted by atomic mass is 10.1. The Labute approximate surface area is 126 Å². The quantitative estimate of drug-likeness (QED) is 0.831. The predicted molar refractivity (Wildman–Crippen MR) is 75.9 cm³/mol. The van der Waals surface area contributed by atoms with Crippen LogP contribution in [-0.4, -0.2) is 16.5 Å². The highest BCUT2D eigenvalue weighted by atomic mass is 32.2. The summed E-state index contributed by atoms with van der Waals surface area (Å²) >= 11 is 1.98. The molecule has 0 aliphatic carbocycles. The maximum absolute atomic E-state index is 13.2. The van der Waals surface area contributed by atoms with Gasteiger partial charge in [0, 0.05) is 12.3 Å². The summed E-state index contributed by atoms with van der Waals surface area (Å²) < 4.78 is 50.4. The number of anilines is 1. The van der Waals surface area contributed by atoms with Gasteiger partial charge >= 0.3 is 6.18 Å². The molecule has 1 N–H and O–H groups in total. The van der Waals surface area contributed by atoms with Gasteiger partial charge in [-0.15, -0.1) is 10.2 Å². The SMILES string of the molecule is CSCc1cc(F)ccc1CNc1nnc(C(F)(F)F)s1. The fourth-order valence-electron chi connectivity index (χ4n) is 1.64. The lowest BCUT2D eigenvalue weighted by Gasteiger charge is -2.09. The van der Waals surface area contributed by atoms with Crippen LogP contribution in [0.3, 0.4) is 0 Å². The van der Waals surface area contributed by atoms with Crippen LogP contribution in [0.15, 0.2) is 18.2 Å². The van der Waals surface area contributed by atoms with E-state index in [9.17, 15) is 17.6 Å². The second kappa shape index (κ2) is 6.61. The highest BCUT2D eigenvalue weighted by Gasteiger charge is 2.35. The van der Waals surface area contributed by atoms with Crippen molar-refractivity contribution in [1.82, 2.24) is 10.2 Å². The number of thioether (sulfide) groups is 1. The molecule has 1 heterocycles. The first-order valence-electron chi connectivity index (χ1n) is 5.81. The highest BCUT2D eigenvalue weighted by molar-refractivity contribution is 7.97. The van der Waals surface area contributed by atoms with E-state index in [1.807, 2.05) is 6.26 Å². The topological polar surface area (TPSA) is 37.8 Å². The van der Waals surface area contributed by atoms with E-state index in [2.05, 4.69) is 15.5 Å². The number of halogens is 4. The summed E-state index contributed by atoms with van der Waals surface area (Å²) in [5.41, 5.74) is 1.62. The predicted octanol–water partition coefficient (Wildman–Crippen LogP) is 4.17. The molecule has 1 aromatic heterocycles. The molecule has 114 valence electrons. The van der Waals surface area contributed by atoms with Crippen LogP contribution in [-0.2, 0) is 18.5 Å². The minimum absolute atomic E-state index is 0.0850. The van der Waals surface area contributed by atoms with Crippen LogP contribution in [0.25, 0.3) is 0 Å². The number of hydrogen-bond acceptors (Lipinski definition) is 5. The average molecular weight is 337 g/mol. The standard InChI is InChI=1S/C12H11F4N3S2/c1-20-6-8-4-9(13)3-2-7(8)5-17-11-19-18-10(21-11)12(14,15)16/h2-4H,5-6H2,1H3,(H,17,19). The first kappa shape index (κ1) is 16.0. The molecule has 1 aromatic carbocycles. The van der Waals surface area contributed by atoms with Gasteiger partial charge in [0.2, 0.25) is 10.1 Å². The Hall–Kier alpha value is -1.35. The number of hydrogen-bond donors (Lipinski definition) is 1. The molecule has 0 saturated heterocycles. The van der Waals surface area contributed by atoms with Gasteiger partial charge in [-0.05, 0) is 29.5 Å². The molecule has 0 amide bonds. The summed E-state index contributed by atoms with van der Waals surface area (Å²) in [6.07, 6.45) is -2.60. The number of aromatic nitrogens is 2. The largest absolute Gasteiger partial charge is 0.445 e. The molecular formula is C12H11F4N3S2. The van der Waals surface area contributed by atoms with Crippen molar-refractivity contribution < 1.29 is 17.6 Å². The van der Waals surface area contributed by atoms with Gasteiger partial charge in [-0.2, -0.15) is 24.9 Å². The van der Waals surface area contributed by atoms with E-state index in [0.29, 0.717) is 17.1 Å². The Bertz CT molecular complexity index is 613. The van der Waals surface area contributed by atoms with E-state index in [0.717, 1.165) is 11.1 Å². The van der Waals surface area contributed by atoms with Crippen molar-refractivity contribution in [1.29, 1.82) is 0 Å². The summed E-state index contributed by atoms with van der Waals surface area (Å²) in [7, 11) is 0. The van der Waals surface area contributed by atoms with Crippen molar-refractivity contribution >= 4 is 28.2 Å². The van der Waals surface area contributed by atoms with Gasteiger partial charge in [-0.1, -0.05) is 17.4 Å². The van der Waals surface area contributed by atoms with Crippen LogP contribution in [0.1, 0.15) is 16.1 Å². The van der Waals surface area contributed by atoms with E-state index >= 15 is 0 Å². The first-order chi connectivity index (χ1) is 9.90. The zero-order valence-electron chi connectivity index (χ0n) is 10.9. The summed E-state index contributed by atoms with van der Waals surface area (Å²) in [6, 6.07) is 4.36. The van der Waals surface area contributed by atoms with Gasteiger partial charge in [0.25, 0.3) is 0 Å². The van der Waals surface area contributed by atoms with Gasteiger partial charge in [0.05, 0.1) is 0 Å². The Kier molecular flexibility index (Phi) is 5.04. The van der Waals surface area contributed by atoms with Crippen molar-refractivity contribution in [2.45, 2.75) is 18.5 Å². The molecule has 0 saturated carbocycles. The zero-order chi connectivity index (χ0) is 15.5. The minimum atomic E-state index is -4.49. The molecule has 0 unspecified atom stereocenters. The number of benzene rings is 1. The van der Waals surface area contributed by atoms with Gasteiger partial charge in [-0.3, -0.25) is 0 Å². The van der Waals surface area contributed by atoms with Crippen LogP contribution >= 0.6 is 23.1 Å². The molecule has 3 nitrogen and oxygen atoms in total. The third-order valence-electron chi connectivity index (χ3n) is 2.57. The van der Waals surface area contributed by atoms with E-state index in [1.54, 1.807) is 6.07 Å². The van der Waals surface area contributed by atoms with Crippen LogP contribution in [0.5, 0.6) is 0 Å². The van der Waals surface area contributed by atoms with Crippen molar-refractivity contribution in [3.63, 3.8) is 0 Å². The molecule has 0 atom stereocenters. The number of rotatable bonds is 5. The zero-order valence-corrected chi connectivity index (χ0v) is 12.5. The number of nitrogens with zero attached hydrogens (tertiary/aromatic N) is 2. The molecule has 0 bridgehead atoms. The van der Waals surface area contributed by atoms with Crippen LogP contribution < -0.4 is 5.32 Å². The fourth-order valence-corrected chi connectivity index (χ4v) is 2.82. The van der Waals surface area contributed by atoms with Crippen molar-refractivity contribution in [3.05, 3.63) is 40.2 Å². The lowest BCUT2D eigenvalue weighted by molar-refractivity contribution is -0.138. The molecule has 0 radical (unpaired) electrons. The highest BCUT2D eigenvalue weighted by Crippen LogP contribution is 2.33. The summed E-state index contributed by atoms with van der Waals surface area (Å²) in [5, 5.41) is 8.42. The second-order valence-electron chi connectivity index (χ2n) is 4.11. The van der Waals surface area contributed by atoms with Gasteiger partial charge < -0.3 is 5.32 Å². The number of nitrogens with one attached hydrogen (secondary N) is 1. The summed E-state index contributed by atoms with van der Waals surface area (Å²) in [4.78, 5) is 0. The fraction of sp³-hybridized carbons (Fsp3) is 0.333. The molecule has 21 heavy (non-hydrogen) atoms. The Morgan fingerprint density at radius 2 is 2.00 bits per heavy atom. The van der Waals surface area contributed by atoms with Gasteiger partial charge in [0.15, 0.2) is 0 Å².